The van der Waals surface area contributed by atoms with Crippen molar-refractivity contribution in [3.05, 3.63) is 60.7 Å². The molecule has 0 aliphatic carbocycles. The van der Waals surface area contributed by atoms with Gasteiger partial charge in [-0.25, -0.2) is 0 Å². The van der Waals surface area contributed by atoms with E-state index in [4.69, 9.17) is 4.42 Å². The summed E-state index contributed by atoms with van der Waals surface area (Å²) >= 11 is 0. The third kappa shape index (κ3) is 3.18. The van der Waals surface area contributed by atoms with Crippen molar-refractivity contribution in [2.45, 2.75) is 12.8 Å². The highest BCUT2D eigenvalue weighted by atomic mass is 16.3. The van der Waals surface area contributed by atoms with Gasteiger partial charge in [-0.15, -0.1) is 0 Å². The van der Waals surface area contributed by atoms with Crippen LogP contribution in [0.1, 0.15) is 23.2 Å². The van der Waals surface area contributed by atoms with Gasteiger partial charge >= 0.3 is 0 Å². The van der Waals surface area contributed by atoms with Gasteiger partial charge in [-0.3, -0.25) is 14.6 Å². The van der Waals surface area contributed by atoms with Crippen LogP contribution in [0.2, 0.25) is 0 Å². The summed E-state index contributed by atoms with van der Waals surface area (Å²) in [5.41, 5.74) is 2.18. The molecule has 4 rings (SSSR count). The molecule has 0 bridgehead atoms. The summed E-state index contributed by atoms with van der Waals surface area (Å²) in [7, 11) is 0. The van der Waals surface area contributed by atoms with E-state index >= 15 is 0 Å². The molecule has 6 heteroatoms. The van der Waals surface area contributed by atoms with Gasteiger partial charge in [-0.2, -0.15) is 0 Å². The molecule has 1 saturated heterocycles. The maximum atomic E-state index is 12.7. The molecular weight excluding hydrogens is 330 g/mol. The van der Waals surface area contributed by atoms with Crippen molar-refractivity contribution in [2.75, 3.05) is 18.4 Å². The number of rotatable bonds is 3. The largest absolute Gasteiger partial charge is 0.472 e. The zero-order valence-electron chi connectivity index (χ0n) is 14.2. The normalized spacial score (nSPS) is 15.2. The summed E-state index contributed by atoms with van der Waals surface area (Å²) in [6.07, 6.45) is 5.99. The fourth-order valence-electron chi connectivity index (χ4n) is 3.36. The lowest BCUT2D eigenvalue weighted by molar-refractivity contribution is -0.121. The van der Waals surface area contributed by atoms with Crippen LogP contribution in [-0.2, 0) is 4.79 Å². The van der Waals surface area contributed by atoms with Gasteiger partial charge in [0.1, 0.15) is 6.26 Å². The number of likely N-dealkylation sites (tertiary alicyclic amines) is 1. The zero-order valence-corrected chi connectivity index (χ0v) is 14.2. The molecule has 0 spiro atoms. The average Bonchev–Trinajstić information content (AvgIpc) is 3.23. The molecule has 1 N–H and O–H groups in total. The Morgan fingerprint density at radius 2 is 1.96 bits per heavy atom. The molecule has 26 heavy (non-hydrogen) atoms. The predicted molar refractivity (Wildman–Crippen MR) is 97.7 cm³/mol. The molecule has 1 aliphatic heterocycles. The summed E-state index contributed by atoms with van der Waals surface area (Å²) in [6.45, 7) is 1.14. The first-order valence-electron chi connectivity index (χ1n) is 8.68. The van der Waals surface area contributed by atoms with Crippen molar-refractivity contribution in [2.24, 2.45) is 5.92 Å². The number of carbonyl (C=O) groups is 2. The molecule has 3 aromatic rings. The Balaban J connectivity index is 1.40. The Morgan fingerprint density at radius 3 is 2.73 bits per heavy atom. The van der Waals surface area contributed by atoms with Crippen LogP contribution in [0.25, 0.3) is 10.9 Å². The number of pyridine rings is 1. The number of nitrogens with zero attached hydrogens (tertiary/aromatic N) is 2. The molecule has 2 aromatic heterocycles. The van der Waals surface area contributed by atoms with Gasteiger partial charge < -0.3 is 14.6 Å². The van der Waals surface area contributed by atoms with Crippen molar-refractivity contribution in [1.82, 2.24) is 9.88 Å². The topological polar surface area (TPSA) is 75.4 Å². The number of carbonyl (C=O) groups excluding carboxylic acids is 2. The molecule has 132 valence electrons. The van der Waals surface area contributed by atoms with E-state index < -0.39 is 0 Å². The Morgan fingerprint density at radius 1 is 1.12 bits per heavy atom. The summed E-state index contributed by atoms with van der Waals surface area (Å²) in [6, 6.07) is 11.2. The van der Waals surface area contributed by atoms with Gasteiger partial charge in [0.2, 0.25) is 5.91 Å². The number of piperidine rings is 1. The van der Waals surface area contributed by atoms with E-state index in [1.165, 1.54) is 12.5 Å². The first-order chi connectivity index (χ1) is 12.7. The Hall–Kier alpha value is -3.15. The number of hydrogen-bond donors (Lipinski definition) is 1. The first kappa shape index (κ1) is 16.3. The molecule has 0 saturated carbocycles. The third-order valence-corrected chi connectivity index (χ3v) is 4.82. The lowest BCUT2D eigenvalue weighted by Gasteiger charge is -2.31. The van der Waals surface area contributed by atoms with Crippen molar-refractivity contribution in [1.29, 1.82) is 0 Å². The fraction of sp³-hybridized carbons (Fsp3) is 0.250. The summed E-state index contributed by atoms with van der Waals surface area (Å²) in [5.74, 6) is -0.148. The van der Waals surface area contributed by atoms with Gasteiger partial charge in [0.25, 0.3) is 5.91 Å². The molecule has 0 radical (unpaired) electrons. The monoisotopic (exact) mass is 349 g/mol. The molecule has 6 nitrogen and oxygen atoms in total. The van der Waals surface area contributed by atoms with Crippen molar-refractivity contribution >= 4 is 28.4 Å². The maximum absolute atomic E-state index is 12.7. The number of hydrogen-bond acceptors (Lipinski definition) is 4. The van der Waals surface area contributed by atoms with Gasteiger partial charge in [-0.1, -0.05) is 6.07 Å². The van der Waals surface area contributed by atoms with Gasteiger partial charge in [0.05, 0.1) is 23.0 Å². The molecule has 3 heterocycles. The van der Waals surface area contributed by atoms with Crippen LogP contribution in [0, 0.1) is 5.92 Å². The molecule has 0 unspecified atom stereocenters. The lowest BCUT2D eigenvalue weighted by atomic mass is 9.95. The maximum Gasteiger partial charge on any atom is 0.257 e. The van der Waals surface area contributed by atoms with Crippen LogP contribution in [0.15, 0.2) is 59.5 Å². The van der Waals surface area contributed by atoms with Gasteiger partial charge in [-0.05, 0) is 43.2 Å². The smallest absolute Gasteiger partial charge is 0.257 e. The lowest BCUT2D eigenvalue weighted by Crippen LogP contribution is -2.41. The third-order valence-electron chi connectivity index (χ3n) is 4.82. The van der Waals surface area contributed by atoms with Gasteiger partial charge in [0, 0.05) is 30.6 Å². The van der Waals surface area contributed by atoms with E-state index in [2.05, 4.69) is 10.3 Å². The van der Waals surface area contributed by atoms with Crippen molar-refractivity contribution in [3.8, 4) is 0 Å². The van der Waals surface area contributed by atoms with Crippen LogP contribution < -0.4 is 5.32 Å². The number of aromatic nitrogens is 1. The van der Waals surface area contributed by atoms with Crippen LogP contribution in [0.3, 0.4) is 0 Å². The van der Waals surface area contributed by atoms with Crippen LogP contribution in [0.5, 0.6) is 0 Å². The summed E-state index contributed by atoms with van der Waals surface area (Å²) in [4.78, 5) is 31.1. The van der Waals surface area contributed by atoms with Crippen molar-refractivity contribution < 1.29 is 14.0 Å². The number of fused-ring (bicyclic) bond motifs is 1. The van der Waals surface area contributed by atoms with Gasteiger partial charge in [0.15, 0.2) is 0 Å². The minimum atomic E-state index is -0.102. The second kappa shape index (κ2) is 7.00. The summed E-state index contributed by atoms with van der Waals surface area (Å²) < 4.78 is 4.97. The first-order valence-corrected chi connectivity index (χ1v) is 8.68. The number of benzene rings is 1. The van der Waals surface area contributed by atoms with Crippen molar-refractivity contribution in [3.63, 3.8) is 0 Å². The zero-order chi connectivity index (χ0) is 17.9. The fourth-order valence-corrected chi connectivity index (χ4v) is 3.36. The number of amides is 2. The quantitative estimate of drug-likeness (QED) is 0.787. The highest BCUT2D eigenvalue weighted by Crippen LogP contribution is 2.25. The minimum absolute atomic E-state index is 0.00300. The predicted octanol–water partition coefficient (Wildman–Crippen LogP) is 3.32. The average molecular weight is 349 g/mol. The molecular formula is C20H19N3O3. The van der Waals surface area contributed by atoms with E-state index in [9.17, 15) is 9.59 Å². The second-order valence-corrected chi connectivity index (χ2v) is 6.44. The molecule has 1 fully saturated rings. The van der Waals surface area contributed by atoms with Crippen LogP contribution in [0.4, 0.5) is 5.69 Å². The molecule has 2 amide bonds. The standard InChI is InChI=1S/C20H19N3O3/c24-19(22-18-5-1-4-17-16(18)3-2-9-21-17)14-6-10-23(11-7-14)20(25)15-8-12-26-13-15/h1-5,8-9,12-14H,6-7,10-11H2,(H,22,24). The van der Waals surface area contributed by atoms with E-state index in [-0.39, 0.29) is 17.7 Å². The molecule has 1 aliphatic rings. The molecule has 1 aromatic carbocycles. The molecule has 0 atom stereocenters. The highest BCUT2D eigenvalue weighted by Gasteiger charge is 2.28. The van der Waals surface area contributed by atoms with E-state index in [0.717, 1.165) is 16.6 Å². The SMILES string of the molecule is O=C(Nc1cccc2ncccc12)C1CCN(C(=O)c2ccoc2)CC1. The van der Waals surface area contributed by atoms with E-state index in [0.29, 0.717) is 31.5 Å². The second-order valence-electron chi connectivity index (χ2n) is 6.44. The Bertz CT molecular complexity index is 923. The summed E-state index contributed by atoms with van der Waals surface area (Å²) in [5, 5.41) is 3.96. The van der Waals surface area contributed by atoms with E-state index in [1.54, 1.807) is 17.2 Å². The van der Waals surface area contributed by atoms with E-state index in [1.807, 2.05) is 30.3 Å². The Kier molecular flexibility index (Phi) is 4.39. The number of anilines is 1. The number of nitrogens with one attached hydrogen (secondary N) is 1. The number of furan rings is 1. The minimum Gasteiger partial charge on any atom is -0.472 e. The Labute approximate surface area is 150 Å². The van der Waals surface area contributed by atoms with Crippen LogP contribution in [-0.4, -0.2) is 34.8 Å². The van der Waals surface area contributed by atoms with Crippen LogP contribution >= 0.6 is 0 Å². The highest BCUT2D eigenvalue weighted by molar-refractivity contribution is 6.02.